The molecule has 2 rings (SSSR count). The Balaban J connectivity index is 2.07. The highest BCUT2D eigenvalue weighted by Gasteiger charge is 2.28. The van der Waals surface area contributed by atoms with Gasteiger partial charge in [0.2, 0.25) is 11.8 Å². The first-order valence-corrected chi connectivity index (χ1v) is 11.4. The van der Waals surface area contributed by atoms with E-state index < -0.39 is 6.04 Å². The minimum Gasteiger partial charge on any atom is -0.497 e. The van der Waals surface area contributed by atoms with Gasteiger partial charge in [-0.15, -0.1) is 0 Å². The highest BCUT2D eigenvalue weighted by Crippen LogP contribution is 2.18. The lowest BCUT2D eigenvalue weighted by Gasteiger charge is -2.31. The summed E-state index contributed by atoms with van der Waals surface area (Å²) in [5, 5.41) is 3.03. The average Bonchev–Trinajstić information content (AvgIpc) is 2.82. The summed E-state index contributed by atoms with van der Waals surface area (Å²) in [6.07, 6.45) is 2.28. The van der Waals surface area contributed by atoms with Gasteiger partial charge in [0.15, 0.2) is 0 Å². The quantitative estimate of drug-likeness (QED) is 0.463. The molecule has 6 nitrogen and oxygen atoms in total. The lowest BCUT2D eigenvalue weighted by atomic mass is 10.1. The maximum atomic E-state index is 13.2. The van der Waals surface area contributed by atoms with Crippen LogP contribution in [0.5, 0.6) is 11.5 Å². The van der Waals surface area contributed by atoms with Gasteiger partial charge in [-0.25, -0.2) is 0 Å². The molecule has 0 saturated carbocycles. The molecule has 2 aromatic carbocycles. The van der Waals surface area contributed by atoms with E-state index in [1.165, 1.54) is 0 Å². The Morgan fingerprint density at radius 2 is 1.66 bits per heavy atom. The molecule has 32 heavy (non-hydrogen) atoms. The van der Waals surface area contributed by atoms with Crippen molar-refractivity contribution in [2.24, 2.45) is 0 Å². The number of nitrogens with zero attached hydrogens (tertiary/aromatic N) is 1. The van der Waals surface area contributed by atoms with Crippen LogP contribution >= 0.6 is 0 Å². The third kappa shape index (κ3) is 7.91. The fraction of sp³-hybridized carbons (Fsp3) is 0.462. The van der Waals surface area contributed by atoms with Gasteiger partial charge < -0.3 is 19.7 Å². The van der Waals surface area contributed by atoms with Crippen LogP contribution in [-0.4, -0.2) is 42.5 Å². The molecule has 0 bridgehead atoms. The number of benzene rings is 2. The molecule has 1 N–H and O–H groups in total. The Bertz CT molecular complexity index is 823. The number of para-hydroxylation sites is 1. The summed E-state index contributed by atoms with van der Waals surface area (Å²) >= 11 is 0. The Labute approximate surface area is 191 Å². The minimum atomic E-state index is -0.520. The molecule has 0 radical (unpaired) electrons. The van der Waals surface area contributed by atoms with Gasteiger partial charge in [0.25, 0.3) is 0 Å². The molecule has 174 valence electrons. The number of rotatable bonds is 13. The topological polar surface area (TPSA) is 67.9 Å². The van der Waals surface area contributed by atoms with Gasteiger partial charge in [-0.2, -0.15) is 0 Å². The molecular weight excluding hydrogens is 404 g/mol. The Kier molecular flexibility index (Phi) is 10.6. The summed E-state index contributed by atoms with van der Waals surface area (Å²) in [5.41, 5.74) is 0.953. The van der Waals surface area contributed by atoms with Crippen molar-refractivity contribution in [2.45, 2.75) is 65.1 Å². The van der Waals surface area contributed by atoms with Crippen LogP contribution in [0.2, 0.25) is 0 Å². The van der Waals surface area contributed by atoms with Gasteiger partial charge >= 0.3 is 0 Å². The van der Waals surface area contributed by atoms with Crippen LogP contribution in [0, 0.1) is 0 Å². The average molecular weight is 441 g/mol. The second-order valence-corrected chi connectivity index (χ2v) is 7.88. The van der Waals surface area contributed by atoms with Crippen LogP contribution < -0.4 is 14.8 Å². The van der Waals surface area contributed by atoms with E-state index >= 15 is 0 Å². The lowest BCUT2D eigenvalue weighted by Crippen LogP contribution is -2.50. The van der Waals surface area contributed by atoms with Crippen LogP contribution in [0.25, 0.3) is 0 Å². The molecule has 2 aromatic rings. The van der Waals surface area contributed by atoms with E-state index in [0.717, 1.165) is 23.5 Å². The number of amides is 2. The third-order valence-electron chi connectivity index (χ3n) is 5.45. The molecule has 2 amide bonds. The summed E-state index contributed by atoms with van der Waals surface area (Å²) in [7, 11) is 1.62. The third-order valence-corrected chi connectivity index (χ3v) is 5.45. The number of hydrogen-bond acceptors (Lipinski definition) is 4. The Morgan fingerprint density at radius 1 is 0.969 bits per heavy atom. The van der Waals surface area contributed by atoms with E-state index in [9.17, 15) is 9.59 Å². The summed E-state index contributed by atoms with van der Waals surface area (Å²) in [6, 6.07) is 16.7. The second-order valence-electron chi connectivity index (χ2n) is 7.88. The van der Waals surface area contributed by atoms with Crippen molar-refractivity contribution in [3.05, 3.63) is 60.2 Å². The van der Waals surface area contributed by atoms with Crippen molar-refractivity contribution in [2.75, 3.05) is 13.7 Å². The van der Waals surface area contributed by atoms with E-state index in [1.807, 2.05) is 75.4 Å². The summed E-state index contributed by atoms with van der Waals surface area (Å²) < 4.78 is 10.9. The zero-order chi connectivity index (χ0) is 23.3. The smallest absolute Gasteiger partial charge is 0.243 e. The van der Waals surface area contributed by atoms with E-state index in [2.05, 4.69) is 5.32 Å². The van der Waals surface area contributed by atoms with Crippen LogP contribution in [0.3, 0.4) is 0 Å². The predicted molar refractivity (Wildman–Crippen MR) is 127 cm³/mol. The number of nitrogens with one attached hydrogen (secondary N) is 1. The summed E-state index contributed by atoms with van der Waals surface area (Å²) in [6.45, 7) is 6.75. The van der Waals surface area contributed by atoms with Crippen molar-refractivity contribution < 1.29 is 19.1 Å². The minimum absolute atomic E-state index is 0.0522. The standard InChI is InChI=1S/C26H36N2O4/c1-5-20(3)27-26(30)24(6-2)28(19-21-14-16-22(31-4)17-15-21)25(29)13-10-18-32-23-11-8-7-9-12-23/h7-9,11-12,14-17,20,24H,5-6,10,13,18-19H2,1-4H3,(H,27,30)/t20-,24+/m0/s1. The zero-order valence-corrected chi connectivity index (χ0v) is 19.7. The summed E-state index contributed by atoms with van der Waals surface area (Å²) in [5.74, 6) is 1.38. The number of carbonyl (C=O) groups excluding carboxylic acids is 2. The summed E-state index contributed by atoms with van der Waals surface area (Å²) in [4.78, 5) is 27.8. The van der Waals surface area contributed by atoms with Crippen molar-refractivity contribution in [1.29, 1.82) is 0 Å². The number of ether oxygens (including phenoxy) is 2. The number of methoxy groups -OCH3 is 1. The first-order valence-electron chi connectivity index (χ1n) is 11.4. The van der Waals surface area contributed by atoms with Crippen molar-refractivity contribution in [3.8, 4) is 11.5 Å². The molecule has 6 heteroatoms. The molecule has 0 fully saturated rings. The lowest BCUT2D eigenvalue weighted by molar-refractivity contribution is -0.141. The van der Waals surface area contributed by atoms with Crippen LogP contribution in [-0.2, 0) is 16.1 Å². The van der Waals surface area contributed by atoms with Gasteiger partial charge in [0.1, 0.15) is 17.5 Å². The monoisotopic (exact) mass is 440 g/mol. The fourth-order valence-corrected chi connectivity index (χ4v) is 3.36. The second kappa shape index (κ2) is 13.4. The van der Waals surface area contributed by atoms with Gasteiger partial charge in [0.05, 0.1) is 13.7 Å². The van der Waals surface area contributed by atoms with Crippen LogP contribution in [0.4, 0.5) is 0 Å². The van der Waals surface area contributed by atoms with Crippen LogP contribution in [0.1, 0.15) is 52.0 Å². The maximum Gasteiger partial charge on any atom is 0.243 e. The van der Waals surface area contributed by atoms with Gasteiger partial charge in [-0.1, -0.05) is 44.2 Å². The highest BCUT2D eigenvalue weighted by molar-refractivity contribution is 5.87. The number of carbonyl (C=O) groups is 2. The highest BCUT2D eigenvalue weighted by atomic mass is 16.5. The van der Waals surface area contributed by atoms with Crippen molar-refractivity contribution in [3.63, 3.8) is 0 Å². The van der Waals surface area contributed by atoms with E-state index in [-0.39, 0.29) is 17.9 Å². The Hall–Kier alpha value is -3.02. The molecule has 0 heterocycles. The molecule has 0 aliphatic rings. The van der Waals surface area contributed by atoms with Gasteiger partial charge in [-0.3, -0.25) is 9.59 Å². The van der Waals surface area contributed by atoms with Gasteiger partial charge in [0, 0.05) is 19.0 Å². The molecule has 0 saturated heterocycles. The van der Waals surface area contributed by atoms with Crippen LogP contribution in [0.15, 0.2) is 54.6 Å². The molecule has 0 spiro atoms. The fourth-order valence-electron chi connectivity index (χ4n) is 3.36. The predicted octanol–water partition coefficient (Wildman–Crippen LogP) is 4.58. The molecular formula is C26H36N2O4. The maximum absolute atomic E-state index is 13.2. The first kappa shape index (κ1) is 25.2. The molecule has 0 aromatic heterocycles. The normalized spacial score (nSPS) is 12.5. The van der Waals surface area contributed by atoms with Crippen molar-refractivity contribution in [1.82, 2.24) is 10.2 Å². The number of hydrogen-bond donors (Lipinski definition) is 1. The largest absolute Gasteiger partial charge is 0.497 e. The molecule has 0 aliphatic carbocycles. The SMILES string of the molecule is CC[C@H](C(=O)N[C@@H](C)CC)N(Cc1ccc(OC)cc1)C(=O)CCCOc1ccccc1. The zero-order valence-electron chi connectivity index (χ0n) is 19.7. The molecule has 0 aliphatic heterocycles. The van der Waals surface area contributed by atoms with E-state index in [4.69, 9.17) is 9.47 Å². The molecule has 2 atom stereocenters. The van der Waals surface area contributed by atoms with E-state index in [1.54, 1.807) is 12.0 Å². The van der Waals surface area contributed by atoms with Crippen molar-refractivity contribution >= 4 is 11.8 Å². The molecule has 0 unspecified atom stereocenters. The van der Waals surface area contributed by atoms with E-state index in [0.29, 0.717) is 32.4 Å². The Morgan fingerprint density at radius 3 is 2.25 bits per heavy atom. The van der Waals surface area contributed by atoms with Gasteiger partial charge in [-0.05, 0) is 56.0 Å². The first-order chi connectivity index (χ1) is 15.5.